The van der Waals surface area contributed by atoms with Crippen LogP contribution in [-0.4, -0.2) is 37.8 Å². The number of aryl methyl sites for hydroxylation is 1. The van der Waals surface area contributed by atoms with Gasteiger partial charge in [-0.15, -0.1) is 0 Å². The van der Waals surface area contributed by atoms with E-state index < -0.39 is 0 Å². The standard InChI is InChI=1S/C22H25N3O/c1-3-26-19-9-10-21-20(16-19)22(15-17(2)23-21)25-13-11-24(12-14-25)18-7-5-4-6-8-18/h4-10,15-16H,3,11-14H2,1-2H3. The van der Waals surface area contributed by atoms with Crippen LogP contribution in [0.4, 0.5) is 11.4 Å². The van der Waals surface area contributed by atoms with E-state index in [9.17, 15) is 0 Å². The van der Waals surface area contributed by atoms with Crippen molar-refractivity contribution in [2.75, 3.05) is 42.6 Å². The summed E-state index contributed by atoms with van der Waals surface area (Å²) in [5, 5.41) is 1.18. The number of hydrogen-bond acceptors (Lipinski definition) is 4. The Kier molecular flexibility index (Phi) is 4.65. The summed E-state index contributed by atoms with van der Waals surface area (Å²) >= 11 is 0. The SMILES string of the molecule is CCOc1ccc2nc(C)cc(N3CCN(c4ccccc4)CC3)c2c1. The van der Waals surface area contributed by atoms with E-state index in [1.165, 1.54) is 16.8 Å². The molecule has 0 atom stereocenters. The molecule has 0 amide bonds. The molecule has 4 rings (SSSR count). The Bertz CT molecular complexity index is 887. The highest BCUT2D eigenvalue weighted by molar-refractivity contribution is 5.93. The van der Waals surface area contributed by atoms with Gasteiger partial charge in [0.05, 0.1) is 12.1 Å². The van der Waals surface area contributed by atoms with Crippen molar-refractivity contribution in [3.05, 3.63) is 60.3 Å². The molecule has 1 saturated heterocycles. The number of anilines is 2. The minimum absolute atomic E-state index is 0.676. The highest BCUT2D eigenvalue weighted by atomic mass is 16.5. The largest absolute Gasteiger partial charge is 0.494 e. The summed E-state index contributed by atoms with van der Waals surface area (Å²) in [6, 6.07) is 19.1. The van der Waals surface area contributed by atoms with Crippen molar-refractivity contribution in [2.24, 2.45) is 0 Å². The maximum absolute atomic E-state index is 5.71. The lowest BCUT2D eigenvalue weighted by molar-refractivity contribution is 0.340. The lowest BCUT2D eigenvalue weighted by Gasteiger charge is -2.38. The molecule has 0 bridgehead atoms. The van der Waals surface area contributed by atoms with E-state index in [0.29, 0.717) is 6.61 Å². The molecule has 4 nitrogen and oxygen atoms in total. The summed E-state index contributed by atoms with van der Waals surface area (Å²) in [5.41, 5.74) is 4.67. The number of rotatable bonds is 4. The Balaban J connectivity index is 1.61. The Labute approximate surface area is 155 Å². The Morgan fingerprint density at radius 3 is 2.38 bits per heavy atom. The zero-order chi connectivity index (χ0) is 17.9. The average Bonchev–Trinajstić information content (AvgIpc) is 2.69. The second kappa shape index (κ2) is 7.24. The maximum atomic E-state index is 5.71. The first-order valence-corrected chi connectivity index (χ1v) is 9.34. The molecule has 3 aromatic rings. The number of piperazine rings is 1. The normalized spacial score (nSPS) is 14.7. The topological polar surface area (TPSA) is 28.6 Å². The number of pyridine rings is 1. The van der Waals surface area contributed by atoms with Gasteiger partial charge in [0, 0.05) is 48.6 Å². The van der Waals surface area contributed by atoms with Gasteiger partial charge in [-0.3, -0.25) is 4.98 Å². The number of benzene rings is 2. The molecule has 1 aromatic heterocycles. The summed E-state index contributed by atoms with van der Waals surface area (Å²) in [5.74, 6) is 0.912. The number of aromatic nitrogens is 1. The lowest BCUT2D eigenvalue weighted by atomic mass is 10.1. The first-order valence-electron chi connectivity index (χ1n) is 9.34. The molecule has 1 aliphatic rings. The van der Waals surface area contributed by atoms with Gasteiger partial charge in [-0.05, 0) is 50.2 Å². The Hall–Kier alpha value is -2.75. The van der Waals surface area contributed by atoms with Crippen molar-refractivity contribution in [3.63, 3.8) is 0 Å². The molecule has 2 aromatic carbocycles. The van der Waals surface area contributed by atoms with Gasteiger partial charge in [-0.2, -0.15) is 0 Å². The molecular formula is C22H25N3O. The molecule has 1 aliphatic heterocycles. The number of hydrogen-bond donors (Lipinski definition) is 0. The number of para-hydroxylation sites is 1. The van der Waals surface area contributed by atoms with E-state index in [-0.39, 0.29) is 0 Å². The van der Waals surface area contributed by atoms with Crippen molar-refractivity contribution in [3.8, 4) is 5.75 Å². The summed E-state index contributed by atoms with van der Waals surface area (Å²) in [6.07, 6.45) is 0. The molecule has 4 heteroatoms. The van der Waals surface area contributed by atoms with Crippen molar-refractivity contribution in [2.45, 2.75) is 13.8 Å². The first kappa shape index (κ1) is 16.7. The number of fused-ring (bicyclic) bond motifs is 1. The van der Waals surface area contributed by atoms with Crippen LogP contribution in [-0.2, 0) is 0 Å². The predicted molar refractivity (Wildman–Crippen MR) is 109 cm³/mol. The molecule has 0 unspecified atom stereocenters. The summed E-state index contributed by atoms with van der Waals surface area (Å²) < 4.78 is 5.71. The Morgan fingerprint density at radius 1 is 0.923 bits per heavy atom. The van der Waals surface area contributed by atoms with E-state index in [2.05, 4.69) is 65.3 Å². The van der Waals surface area contributed by atoms with Crippen LogP contribution in [0.5, 0.6) is 5.75 Å². The third-order valence-electron chi connectivity index (χ3n) is 4.94. The quantitative estimate of drug-likeness (QED) is 0.705. The molecule has 0 radical (unpaired) electrons. The fourth-order valence-corrected chi connectivity index (χ4v) is 3.68. The maximum Gasteiger partial charge on any atom is 0.120 e. The van der Waals surface area contributed by atoms with Gasteiger partial charge in [0.15, 0.2) is 0 Å². The molecule has 2 heterocycles. The summed E-state index contributed by atoms with van der Waals surface area (Å²) in [7, 11) is 0. The van der Waals surface area contributed by atoms with Gasteiger partial charge < -0.3 is 14.5 Å². The zero-order valence-corrected chi connectivity index (χ0v) is 15.5. The van der Waals surface area contributed by atoms with Crippen LogP contribution < -0.4 is 14.5 Å². The molecule has 26 heavy (non-hydrogen) atoms. The second-order valence-electron chi connectivity index (χ2n) is 6.70. The van der Waals surface area contributed by atoms with Gasteiger partial charge in [-0.1, -0.05) is 18.2 Å². The van der Waals surface area contributed by atoms with Crippen LogP contribution in [0.15, 0.2) is 54.6 Å². The minimum atomic E-state index is 0.676. The molecule has 0 N–H and O–H groups in total. The van der Waals surface area contributed by atoms with Crippen LogP contribution in [0.3, 0.4) is 0 Å². The Morgan fingerprint density at radius 2 is 1.65 bits per heavy atom. The third kappa shape index (κ3) is 3.32. The van der Waals surface area contributed by atoms with E-state index in [4.69, 9.17) is 9.72 Å². The zero-order valence-electron chi connectivity index (χ0n) is 15.5. The molecule has 0 saturated carbocycles. The fourth-order valence-electron chi connectivity index (χ4n) is 3.68. The minimum Gasteiger partial charge on any atom is -0.494 e. The van der Waals surface area contributed by atoms with Crippen molar-refractivity contribution in [1.82, 2.24) is 4.98 Å². The fraction of sp³-hybridized carbons (Fsp3) is 0.318. The van der Waals surface area contributed by atoms with E-state index in [0.717, 1.165) is 43.1 Å². The van der Waals surface area contributed by atoms with Crippen molar-refractivity contribution >= 4 is 22.3 Å². The van der Waals surface area contributed by atoms with Gasteiger partial charge in [-0.25, -0.2) is 0 Å². The van der Waals surface area contributed by atoms with Crippen LogP contribution in [0, 0.1) is 6.92 Å². The van der Waals surface area contributed by atoms with Crippen LogP contribution in [0.2, 0.25) is 0 Å². The van der Waals surface area contributed by atoms with E-state index >= 15 is 0 Å². The van der Waals surface area contributed by atoms with Crippen LogP contribution in [0.1, 0.15) is 12.6 Å². The smallest absolute Gasteiger partial charge is 0.120 e. The predicted octanol–water partition coefficient (Wildman–Crippen LogP) is 4.27. The van der Waals surface area contributed by atoms with Crippen molar-refractivity contribution < 1.29 is 4.74 Å². The second-order valence-corrected chi connectivity index (χ2v) is 6.70. The first-order chi connectivity index (χ1) is 12.7. The number of ether oxygens (including phenoxy) is 1. The highest BCUT2D eigenvalue weighted by Gasteiger charge is 2.20. The van der Waals surface area contributed by atoms with Crippen LogP contribution >= 0.6 is 0 Å². The van der Waals surface area contributed by atoms with Gasteiger partial charge in [0.1, 0.15) is 5.75 Å². The molecule has 1 fully saturated rings. The van der Waals surface area contributed by atoms with E-state index in [1.54, 1.807) is 0 Å². The van der Waals surface area contributed by atoms with Gasteiger partial charge in [0.25, 0.3) is 0 Å². The molecule has 134 valence electrons. The van der Waals surface area contributed by atoms with Gasteiger partial charge >= 0.3 is 0 Å². The molecule has 0 spiro atoms. The van der Waals surface area contributed by atoms with Crippen molar-refractivity contribution in [1.29, 1.82) is 0 Å². The molecular weight excluding hydrogens is 322 g/mol. The molecule has 0 aliphatic carbocycles. The lowest BCUT2D eigenvalue weighted by Crippen LogP contribution is -2.46. The van der Waals surface area contributed by atoms with E-state index in [1.807, 2.05) is 13.0 Å². The number of nitrogens with zero attached hydrogens (tertiary/aromatic N) is 3. The highest BCUT2D eigenvalue weighted by Crippen LogP contribution is 2.31. The monoisotopic (exact) mass is 347 g/mol. The summed E-state index contributed by atoms with van der Waals surface area (Å²) in [4.78, 5) is 9.64. The third-order valence-corrected chi connectivity index (χ3v) is 4.94. The van der Waals surface area contributed by atoms with Crippen LogP contribution in [0.25, 0.3) is 10.9 Å². The summed E-state index contributed by atoms with van der Waals surface area (Å²) in [6.45, 7) is 8.82. The average molecular weight is 347 g/mol. The van der Waals surface area contributed by atoms with Gasteiger partial charge in [0.2, 0.25) is 0 Å².